The number of benzene rings is 2. The van der Waals surface area contributed by atoms with Gasteiger partial charge in [0.15, 0.2) is 5.78 Å². The van der Waals surface area contributed by atoms with E-state index in [0.717, 1.165) is 28.5 Å². The maximum atomic E-state index is 13.0. The van der Waals surface area contributed by atoms with Gasteiger partial charge in [0.05, 0.1) is 30.6 Å². The van der Waals surface area contributed by atoms with Crippen LogP contribution in [-0.2, 0) is 13.0 Å². The van der Waals surface area contributed by atoms with Gasteiger partial charge in [-0.25, -0.2) is 4.98 Å². The van der Waals surface area contributed by atoms with Gasteiger partial charge in [0.2, 0.25) is 0 Å². The van der Waals surface area contributed by atoms with E-state index in [9.17, 15) is 9.59 Å². The number of aromatic amines is 1. The van der Waals surface area contributed by atoms with Crippen LogP contribution in [0, 0.1) is 0 Å². The molecule has 1 aliphatic heterocycles. The lowest BCUT2D eigenvalue weighted by atomic mass is 10.0. The summed E-state index contributed by atoms with van der Waals surface area (Å²) in [5.41, 5.74) is 3.80. The molecule has 4 rings (SSSR count). The number of carbonyl (C=O) groups excluding carboxylic acids is 2. The number of aromatic nitrogens is 2. The zero-order valence-corrected chi connectivity index (χ0v) is 15.9. The van der Waals surface area contributed by atoms with Crippen molar-refractivity contribution in [2.75, 3.05) is 13.7 Å². The Bertz CT molecular complexity index is 1040. The number of carbonyl (C=O) groups is 2. The zero-order chi connectivity index (χ0) is 19.7. The third-order valence-electron chi connectivity index (χ3n) is 5.02. The average molecular weight is 375 g/mol. The first-order valence-corrected chi connectivity index (χ1v) is 9.18. The molecule has 0 saturated heterocycles. The molecular formula is C22H21N3O3. The lowest BCUT2D eigenvalue weighted by molar-refractivity contribution is 0.0727. The first-order valence-electron chi connectivity index (χ1n) is 9.18. The van der Waals surface area contributed by atoms with E-state index >= 15 is 0 Å². The molecule has 28 heavy (non-hydrogen) atoms. The molecule has 0 bridgehead atoms. The van der Waals surface area contributed by atoms with Gasteiger partial charge in [0.25, 0.3) is 5.91 Å². The summed E-state index contributed by atoms with van der Waals surface area (Å²) in [6.07, 6.45) is 0.677. The van der Waals surface area contributed by atoms with Crippen LogP contribution in [0.4, 0.5) is 0 Å². The Labute approximate surface area is 163 Å². The minimum absolute atomic E-state index is 0.106. The van der Waals surface area contributed by atoms with Gasteiger partial charge >= 0.3 is 0 Å². The van der Waals surface area contributed by atoms with Gasteiger partial charge in [-0.2, -0.15) is 0 Å². The normalized spacial score (nSPS) is 13.1. The van der Waals surface area contributed by atoms with E-state index in [4.69, 9.17) is 9.72 Å². The van der Waals surface area contributed by atoms with E-state index in [1.807, 2.05) is 24.3 Å². The van der Waals surface area contributed by atoms with Crippen molar-refractivity contribution in [1.29, 1.82) is 0 Å². The summed E-state index contributed by atoms with van der Waals surface area (Å²) >= 11 is 0. The smallest absolute Gasteiger partial charge is 0.254 e. The highest BCUT2D eigenvalue weighted by Crippen LogP contribution is 2.25. The van der Waals surface area contributed by atoms with E-state index in [1.165, 1.54) is 6.92 Å². The highest BCUT2D eigenvalue weighted by molar-refractivity contribution is 6.07. The Morgan fingerprint density at radius 1 is 1.07 bits per heavy atom. The van der Waals surface area contributed by atoms with E-state index in [-0.39, 0.29) is 11.7 Å². The summed E-state index contributed by atoms with van der Waals surface area (Å²) < 4.78 is 5.20. The van der Waals surface area contributed by atoms with Crippen LogP contribution in [0.3, 0.4) is 0 Å². The fraction of sp³-hybridized carbons (Fsp3) is 0.227. The van der Waals surface area contributed by atoms with Gasteiger partial charge in [-0.3, -0.25) is 9.59 Å². The van der Waals surface area contributed by atoms with Gasteiger partial charge in [-0.1, -0.05) is 18.2 Å². The van der Waals surface area contributed by atoms with Crippen molar-refractivity contribution in [2.45, 2.75) is 19.9 Å². The molecule has 1 N–H and O–H groups in total. The number of hydrogen-bond donors (Lipinski definition) is 1. The Morgan fingerprint density at radius 2 is 1.79 bits per heavy atom. The molecule has 3 aromatic rings. The molecule has 2 heterocycles. The molecule has 0 saturated carbocycles. The second kappa shape index (κ2) is 7.31. The molecule has 6 heteroatoms. The van der Waals surface area contributed by atoms with Gasteiger partial charge in [0.1, 0.15) is 11.6 Å². The Hall–Kier alpha value is -3.41. The van der Waals surface area contributed by atoms with Gasteiger partial charge in [-0.15, -0.1) is 0 Å². The number of Topliss-reactive ketones (excluding diaryl/α,β-unsaturated/α-hetero) is 1. The number of ether oxygens (including phenoxy) is 1. The molecular weight excluding hydrogens is 354 g/mol. The molecule has 2 aromatic carbocycles. The van der Waals surface area contributed by atoms with Crippen LogP contribution in [0.2, 0.25) is 0 Å². The van der Waals surface area contributed by atoms with Crippen molar-refractivity contribution in [3.63, 3.8) is 0 Å². The highest BCUT2D eigenvalue weighted by atomic mass is 16.5. The van der Waals surface area contributed by atoms with Crippen molar-refractivity contribution < 1.29 is 14.3 Å². The summed E-state index contributed by atoms with van der Waals surface area (Å²) in [6.45, 7) is 2.50. The van der Waals surface area contributed by atoms with Crippen LogP contribution < -0.4 is 4.74 Å². The number of nitrogens with zero attached hydrogens (tertiary/aromatic N) is 2. The third kappa shape index (κ3) is 3.29. The van der Waals surface area contributed by atoms with E-state index in [0.29, 0.717) is 30.6 Å². The maximum absolute atomic E-state index is 13.0. The molecule has 0 fully saturated rings. The molecule has 142 valence electrons. The molecule has 0 spiro atoms. The second-order valence-electron chi connectivity index (χ2n) is 6.82. The van der Waals surface area contributed by atoms with Gasteiger partial charge < -0.3 is 14.6 Å². The van der Waals surface area contributed by atoms with Crippen molar-refractivity contribution in [2.24, 2.45) is 0 Å². The fourth-order valence-corrected chi connectivity index (χ4v) is 3.50. The largest absolute Gasteiger partial charge is 0.497 e. The number of hydrogen-bond acceptors (Lipinski definition) is 4. The first-order chi connectivity index (χ1) is 13.6. The lowest BCUT2D eigenvalue weighted by Gasteiger charge is -2.26. The first kappa shape index (κ1) is 18.0. The fourth-order valence-electron chi connectivity index (χ4n) is 3.50. The molecule has 1 aliphatic rings. The van der Waals surface area contributed by atoms with Crippen molar-refractivity contribution in [3.05, 3.63) is 71.0 Å². The molecule has 0 atom stereocenters. The maximum Gasteiger partial charge on any atom is 0.254 e. The van der Waals surface area contributed by atoms with Gasteiger partial charge in [-0.05, 0) is 37.3 Å². The van der Waals surface area contributed by atoms with Crippen LogP contribution in [0.1, 0.15) is 39.0 Å². The number of methoxy groups -OCH3 is 1. The van der Waals surface area contributed by atoms with Crippen LogP contribution in [0.15, 0.2) is 48.5 Å². The molecule has 1 aromatic heterocycles. The SMILES string of the molecule is COc1ccc(-c2nc3c([nH]2)CN(C(=O)c2ccccc2C(C)=O)CC3)cc1. The standard InChI is InChI=1S/C22H21N3O3/c1-14(26)17-5-3-4-6-18(17)22(27)25-12-11-19-20(13-25)24-21(23-19)15-7-9-16(28-2)10-8-15/h3-10H,11-13H2,1-2H3,(H,23,24). The Morgan fingerprint density at radius 3 is 2.46 bits per heavy atom. The van der Waals surface area contributed by atoms with E-state index in [1.54, 1.807) is 36.3 Å². The number of amides is 1. The van der Waals surface area contributed by atoms with Crippen LogP contribution in [0.25, 0.3) is 11.4 Å². The number of ketones is 1. The van der Waals surface area contributed by atoms with E-state index in [2.05, 4.69) is 4.98 Å². The number of fused-ring (bicyclic) bond motifs is 1. The molecule has 0 radical (unpaired) electrons. The summed E-state index contributed by atoms with van der Waals surface area (Å²) in [5, 5.41) is 0. The Balaban J connectivity index is 1.57. The van der Waals surface area contributed by atoms with Gasteiger partial charge in [0, 0.05) is 24.1 Å². The van der Waals surface area contributed by atoms with Crippen molar-refractivity contribution in [1.82, 2.24) is 14.9 Å². The van der Waals surface area contributed by atoms with Crippen LogP contribution in [0.5, 0.6) is 5.75 Å². The lowest BCUT2D eigenvalue weighted by Crippen LogP contribution is -2.36. The predicted octanol–water partition coefficient (Wildman–Crippen LogP) is 3.49. The van der Waals surface area contributed by atoms with Crippen LogP contribution in [-0.4, -0.2) is 40.2 Å². The van der Waals surface area contributed by atoms with Crippen molar-refractivity contribution in [3.8, 4) is 17.1 Å². The predicted molar refractivity (Wildman–Crippen MR) is 105 cm³/mol. The Kier molecular flexibility index (Phi) is 4.69. The monoisotopic (exact) mass is 375 g/mol. The summed E-state index contributed by atoms with van der Waals surface area (Å²) in [7, 11) is 1.64. The van der Waals surface area contributed by atoms with Crippen molar-refractivity contribution >= 4 is 11.7 Å². The number of H-pyrrole nitrogens is 1. The average Bonchev–Trinajstić information content (AvgIpc) is 3.16. The summed E-state index contributed by atoms with van der Waals surface area (Å²) in [6, 6.07) is 14.7. The molecule has 0 unspecified atom stereocenters. The number of imidazole rings is 1. The van der Waals surface area contributed by atoms with Crippen LogP contribution >= 0.6 is 0 Å². The van der Waals surface area contributed by atoms with E-state index < -0.39 is 0 Å². The number of rotatable bonds is 4. The number of nitrogens with one attached hydrogen (secondary N) is 1. The third-order valence-corrected chi connectivity index (χ3v) is 5.02. The molecule has 6 nitrogen and oxygen atoms in total. The summed E-state index contributed by atoms with van der Waals surface area (Å²) in [4.78, 5) is 34.7. The minimum Gasteiger partial charge on any atom is -0.497 e. The zero-order valence-electron chi connectivity index (χ0n) is 15.9. The topological polar surface area (TPSA) is 75.3 Å². The highest BCUT2D eigenvalue weighted by Gasteiger charge is 2.26. The quantitative estimate of drug-likeness (QED) is 0.709. The second-order valence-corrected chi connectivity index (χ2v) is 6.82. The molecule has 0 aliphatic carbocycles. The summed E-state index contributed by atoms with van der Waals surface area (Å²) in [5.74, 6) is 1.34. The minimum atomic E-state index is -0.128. The molecule has 1 amide bonds.